The van der Waals surface area contributed by atoms with Gasteiger partial charge >= 0.3 is 0 Å². The molecule has 2 rings (SSSR count). The SMILES string of the molecule is Cc1ncsc1CN(C)c1ccc(CCl)cn1. The highest BCUT2D eigenvalue weighted by atomic mass is 35.5. The summed E-state index contributed by atoms with van der Waals surface area (Å²) < 4.78 is 0. The van der Waals surface area contributed by atoms with Crippen LogP contribution in [0.25, 0.3) is 0 Å². The summed E-state index contributed by atoms with van der Waals surface area (Å²) in [5, 5.41) is 0. The highest BCUT2D eigenvalue weighted by Gasteiger charge is 2.07. The van der Waals surface area contributed by atoms with Crippen molar-refractivity contribution in [2.45, 2.75) is 19.3 Å². The van der Waals surface area contributed by atoms with E-state index in [1.807, 2.05) is 37.8 Å². The van der Waals surface area contributed by atoms with Crippen molar-refractivity contribution >= 4 is 28.8 Å². The van der Waals surface area contributed by atoms with Gasteiger partial charge in [-0.15, -0.1) is 22.9 Å². The Hall–Kier alpha value is -1.13. The number of alkyl halides is 1. The monoisotopic (exact) mass is 267 g/mol. The number of thiazole rings is 1. The first-order chi connectivity index (χ1) is 8.20. The van der Waals surface area contributed by atoms with Gasteiger partial charge in [-0.1, -0.05) is 6.07 Å². The van der Waals surface area contributed by atoms with E-state index in [0.29, 0.717) is 5.88 Å². The molecule has 0 aliphatic heterocycles. The van der Waals surface area contributed by atoms with Crippen LogP contribution in [-0.4, -0.2) is 17.0 Å². The van der Waals surface area contributed by atoms with Crippen LogP contribution in [0.2, 0.25) is 0 Å². The summed E-state index contributed by atoms with van der Waals surface area (Å²) >= 11 is 7.41. The van der Waals surface area contributed by atoms with E-state index in [4.69, 9.17) is 11.6 Å². The molecule has 3 nitrogen and oxygen atoms in total. The van der Waals surface area contributed by atoms with Crippen molar-refractivity contribution in [3.63, 3.8) is 0 Å². The van der Waals surface area contributed by atoms with E-state index in [9.17, 15) is 0 Å². The maximum absolute atomic E-state index is 5.73. The molecule has 0 aromatic carbocycles. The Morgan fingerprint density at radius 1 is 1.35 bits per heavy atom. The third-order valence-electron chi connectivity index (χ3n) is 2.58. The standard InChI is InChI=1S/C12H14ClN3S/c1-9-11(17-8-15-9)7-16(2)12-4-3-10(5-13)6-14-12/h3-4,6,8H,5,7H2,1-2H3. The average molecular weight is 268 g/mol. The number of nitrogens with zero attached hydrogens (tertiary/aromatic N) is 3. The molecule has 0 spiro atoms. The van der Waals surface area contributed by atoms with Gasteiger partial charge in [-0.25, -0.2) is 9.97 Å². The number of rotatable bonds is 4. The Labute approximate surface area is 110 Å². The summed E-state index contributed by atoms with van der Waals surface area (Å²) in [6, 6.07) is 4.00. The molecule has 2 aromatic heterocycles. The average Bonchev–Trinajstić information content (AvgIpc) is 2.75. The third-order valence-corrected chi connectivity index (χ3v) is 3.81. The second-order valence-corrected chi connectivity index (χ2v) is 5.08. The van der Waals surface area contributed by atoms with Crippen LogP contribution in [0.15, 0.2) is 23.8 Å². The number of hydrogen-bond acceptors (Lipinski definition) is 4. The number of halogens is 1. The largest absolute Gasteiger partial charge is 0.354 e. The molecule has 0 aliphatic carbocycles. The van der Waals surface area contributed by atoms with Crippen molar-refractivity contribution in [1.29, 1.82) is 0 Å². The molecule has 2 aromatic rings. The van der Waals surface area contributed by atoms with Crippen LogP contribution >= 0.6 is 22.9 Å². The molecule has 0 saturated heterocycles. The predicted molar refractivity (Wildman–Crippen MR) is 72.8 cm³/mol. The van der Waals surface area contributed by atoms with Gasteiger partial charge in [0.05, 0.1) is 17.7 Å². The zero-order valence-corrected chi connectivity index (χ0v) is 11.4. The number of aryl methyl sites for hydroxylation is 1. The van der Waals surface area contributed by atoms with Gasteiger partial charge in [0.1, 0.15) is 5.82 Å². The molecule has 90 valence electrons. The summed E-state index contributed by atoms with van der Waals surface area (Å²) in [6.07, 6.45) is 1.82. The maximum Gasteiger partial charge on any atom is 0.128 e. The number of anilines is 1. The molecule has 0 bridgehead atoms. The molecule has 0 atom stereocenters. The topological polar surface area (TPSA) is 29.0 Å². The number of hydrogen-bond donors (Lipinski definition) is 0. The second-order valence-electron chi connectivity index (χ2n) is 3.88. The zero-order chi connectivity index (χ0) is 12.3. The summed E-state index contributed by atoms with van der Waals surface area (Å²) in [7, 11) is 2.03. The summed E-state index contributed by atoms with van der Waals surface area (Å²) in [6.45, 7) is 2.87. The fraction of sp³-hybridized carbons (Fsp3) is 0.333. The van der Waals surface area contributed by atoms with E-state index in [2.05, 4.69) is 14.9 Å². The van der Waals surface area contributed by atoms with Gasteiger partial charge in [0.25, 0.3) is 0 Å². The lowest BCUT2D eigenvalue weighted by molar-refractivity contribution is 0.899. The predicted octanol–water partition coefficient (Wildman–Crippen LogP) is 3.22. The Bertz CT molecular complexity index is 481. The van der Waals surface area contributed by atoms with Crippen LogP contribution in [0.5, 0.6) is 0 Å². The van der Waals surface area contributed by atoms with Gasteiger partial charge in [0.2, 0.25) is 0 Å². The van der Waals surface area contributed by atoms with Crippen molar-refractivity contribution in [1.82, 2.24) is 9.97 Å². The minimum Gasteiger partial charge on any atom is -0.354 e. The molecule has 17 heavy (non-hydrogen) atoms. The minimum atomic E-state index is 0.505. The normalized spacial score (nSPS) is 10.5. The molecule has 0 aliphatic rings. The van der Waals surface area contributed by atoms with Gasteiger partial charge in [-0.05, 0) is 18.6 Å². The summed E-state index contributed by atoms with van der Waals surface area (Å²) in [5.74, 6) is 1.46. The molecular formula is C12H14ClN3S. The number of aromatic nitrogens is 2. The molecule has 0 saturated carbocycles. The molecular weight excluding hydrogens is 254 g/mol. The fourth-order valence-electron chi connectivity index (χ4n) is 1.50. The van der Waals surface area contributed by atoms with E-state index in [-0.39, 0.29) is 0 Å². The molecule has 0 amide bonds. The molecule has 2 heterocycles. The Morgan fingerprint density at radius 2 is 2.18 bits per heavy atom. The van der Waals surface area contributed by atoms with Crippen LogP contribution in [0.3, 0.4) is 0 Å². The maximum atomic E-state index is 5.73. The van der Waals surface area contributed by atoms with Crippen molar-refractivity contribution in [2.24, 2.45) is 0 Å². The lowest BCUT2D eigenvalue weighted by Crippen LogP contribution is -2.17. The minimum absolute atomic E-state index is 0.505. The van der Waals surface area contributed by atoms with Crippen molar-refractivity contribution in [2.75, 3.05) is 11.9 Å². The van der Waals surface area contributed by atoms with Crippen molar-refractivity contribution in [3.05, 3.63) is 40.0 Å². The van der Waals surface area contributed by atoms with Gasteiger partial charge in [0.15, 0.2) is 0 Å². The van der Waals surface area contributed by atoms with Gasteiger partial charge in [0, 0.05) is 24.0 Å². The van der Waals surface area contributed by atoms with Crippen LogP contribution < -0.4 is 4.90 Å². The Kier molecular flexibility index (Phi) is 3.97. The smallest absolute Gasteiger partial charge is 0.128 e. The lowest BCUT2D eigenvalue weighted by atomic mass is 10.3. The van der Waals surface area contributed by atoms with Gasteiger partial charge in [-0.3, -0.25) is 0 Å². The van der Waals surface area contributed by atoms with E-state index >= 15 is 0 Å². The first-order valence-electron chi connectivity index (χ1n) is 5.31. The van der Waals surface area contributed by atoms with Gasteiger partial charge in [-0.2, -0.15) is 0 Å². The highest BCUT2D eigenvalue weighted by molar-refractivity contribution is 7.09. The molecule has 5 heteroatoms. The van der Waals surface area contributed by atoms with Crippen molar-refractivity contribution < 1.29 is 0 Å². The van der Waals surface area contributed by atoms with Crippen LogP contribution in [0.4, 0.5) is 5.82 Å². The van der Waals surface area contributed by atoms with Crippen LogP contribution in [-0.2, 0) is 12.4 Å². The highest BCUT2D eigenvalue weighted by Crippen LogP contribution is 2.18. The number of pyridine rings is 1. The van der Waals surface area contributed by atoms with Gasteiger partial charge < -0.3 is 4.90 Å². The zero-order valence-electron chi connectivity index (χ0n) is 9.85. The van der Waals surface area contributed by atoms with E-state index < -0.39 is 0 Å². The van der Waals surface area contributed by atoms with E-state index in [1.54, 1.807) is 11.3 Å². The van der Waals surface area contributed by atoms with E-state index in [1.165, 1.54) is 4.88 Å². The Morgan fingerprint density at radius 3 is 2.71 bits per heavy atom. The van der Waals surface area contributed by atoms with Crippen LogP contribution in [0, 0.1) is 6.92 Å². The second kappa shape index (κ2) is 5.47. The quantitative estimate of drug-likeness (QED) is 0.797. The van der Waals surface area contributed by atoms with E-state index in [0.717, 1.165) is 23.6 Å². The Balaban J connectivity index is 2.09. The summed E-state index contributed by atoms with van der Waals surface area (Å²) in [4.78, 5) is 12.0. The summed E-state index contributed by atoms with van der Waals surface area (Å²) in [5.41, 5.74) is 4.01. The van der Waals surface area contributed by atoms with Crippen molar-refractivity contribution in [3.8, 4) is 0 Å². The first-order valence-corrected chi connectivity index (χ1v) is 6.73. The molecule has 0 radical (unpaired) electrons. The van der Waals surface area contributed by atoms with Crippen LogP contribution in [0.1, 0.15) is 16.1 Å². The third kappa shape index (κ3) is 2.96. The fourth-order valence-corrected chi connectivity index (χ4v) is 2.48. The molecule has 0 fully saturated rings. The first kappa shape index (κ1) is 12.3. The lowest BCUT2D eigenvalue weighted by Gasteiger charge is -2.17. The molecule has 0 N–H and O–H groups in total. The molecule has 0 unspecified atom stereocenters.